The van der Waals surface area contributed by atoms with Gasteiger partial charge in [-0.1, -0.05) is 13.8 Å². The van der Waals surface area contributed by atoms with E-state index in [1.807, 2.05) is 18.7 Å². The Morgan fingerprint density at radius 1 is 1.69 bits per heavy atom. The van der Waals surface area contributed by atoms with Crippen LogP contribution in [0.15, 0.2) is 0 Å². The van der Waals surface area contributed by atoms with Crippen LogP contribution in [-0.2, 0) is 17.8 Å². The molecule has 0 radical (unpaired) electrons. The van der Waals surface area contributed by atoms with Crippen LogP contribution in [-0.4, -0.2) is 27.3 Å². The van der Waals surface area contributed by atoms with Gasteiger partial charge in [0.25, 0.3) is 0 Å². The second-order valence-electron chi connectivity index (χ2n) is 4.57. The van der Waals surface area contributed by atoms with Gasteiger partial charge in [-0.25, -0.2) is 4.98 Å². The van der Waals surface area contributed by atoms with Crippen molar-refractivity contribution < 1.29 is 6.22 Å². The van der Waals surface area contributed by atoms with Crippen molar-refractivity contribution in [3.63, 3.8) is 0 Å². The van der Waals surface area contributed by atoms with Crippen LogP contribution in [0.25, 0.3) is 0 Å². The molecule has 0 fully saturated rings. The van der Waals surface area contributed by atoms with Crippen LogP contribution in [0.3, 0.4) is 0 Å². The van der Waals surface area contributed by atoms with Gasteiger partial charge < -0.3 is 9.88 Å². The lowest BCUT2D eigenvalue weighted by Gasteiger charge is -2.28. The number of carbonyl (C=O) groups excluding carboxylic acids is 1. The van der Waals surface area contributed by atoms with Gasteiger partial charge in [0, 0.05) is 20.3 Å². The highest BCUT2D eigenvalue weighted by Gasteiger charge is 2.25. The summed E-state index contributed by atoms with van der Waals surface area (Å²) in [6.45, 7) is 7.51. The number of aromatic nitrogens is 2. The molecule has 90 valence electrons. The van der Waals surface area contributed by atoms with E-state index in [1.165, 1.54) is 0 Å². The average molecular weight is 223 g/mol. The fourth-order valence-electron chi connectivity index (χ4n) is 2.11. The van der Waals surface area contributed by atoms with E-state index in [9.17, 15) is 4.79 Å². The minimum Gasteiger partial charge on any atom is -0.344 e. The molecule has 1 aliphatic heterocycles. The molecule has 0 aromatic carbocycles. The second-order valence-corrected chi connectivity index (χ2v) is 4.57. The first-order chi connectivity index (χ1) is 7.61. The monoisotopic (exact) mass is 223 g/mol. The van der Waals surface area contributed by atoms with Crippen molar-refractivity contribution in [2.75, 3.05) is 6.54 Å². The molecule has 0 spiro atoms. The van der Waals surface area contributed by atoms with Gasteiger partial charge in [-0.05, 0) is 13.3 Å². The number of hydrogen-bond donors (Lipinski definition) is 1. The number of fused-ring (bicyclic) bond motifs is 1. The van der Waals surface area contributed by atoms with Crippen LogP contribution in [0.2, 0.25) is 0 Å². The number of nitrogens with zero attached hydrogens (tertiary/aromatic N) is 2. The number of amides is 1. The van der Waals surface area contributed by atoms with E-state index in [4.69, 9.17) is 0 Å². The zero-order valence-electron chi connectivity index (χ0n) is 10.2. The predicted molar refractivity (Wildman–Crippen MR) is 64.0 cm³/mol. The van der Waals surface area contributed by atoms with Crippen LogP contribution in [0.5, 0.6) is 0 Å². The minimum atomic E-state index is 0. The van der Waals surface area contributed by atoms with Gasteiger partial charge >= 0.3 is 0 Å². The summed E-state index contributed by atoms with van der Waals surface area (Å²) in [7, 11) is 0. The molecule has 4 heteroatoms. The SMILES string of the molecule is CCC(C)C(=O)N1CCc2nc(C)[nH]c2C1.[HH]. The first-order valence-corrected chi connectivity index (χ1v) is 5.95. The van der Waals surface area contributed by atoms with Crippen LogP contribution in [0, 0.1) is 12.8 Å². The van der Waals surface area contributed by atoms with Crippen molar-refractivity contribution in [1.29, 1.82) is 0 Å². The Morgan fingerprint density at radius 2 is 2.44 bits per heavy atom. The molecule has 4 nitrogen and oxygen atoms in total. The van der Waals surface area contributed by atoms with Gasteiger partial charge in [0.15, 0.2) is 0 Å². The van der Waals surface area contributed by atoms with Crippen LogP contribution < -0.4 is 0 Å². The zero-order chi connectivity index (χ0) is 11.7. The average Bonchev–Trinajstić information content (AvgIpc) is 2.65. The van der Waals surface area contributed by atoms with E-state index in [0.717, 1.165) is 36.6 Å². The first kappa shape index (κ1) is 11.2. The predicted octanol–water partition coefficient (Wildman–Crippen LogP) is 1.89. The molecule has 1 amide bonds. The van der Waals surface area contributed by atoms with Crippen molar-refractivity contribution in [1.82, 2.24) is 14.9 Å². The Morgan fingerprint density at radius 3 is 3.12 bits per heavy atom. The highest BCUT2D eigenvalue weighted by atomic mass is 16.2. The summed E-state index contributed by atoms with van der Waals surface area (Å²) >= 11 is 0. The Balaban J connectivity index is 0.00000144. The summed E-state index contributed by atoms with van der Waals surface area (Å²) in [4.78, 5) is 21.6. The summed E-state index contributed by atoms with van der Waals surface area (Å²) < 4.78 is 0. The molecule has 1 N–H and O–H groups in total. The third-order valence-corrected chi connectivity index (χ3v) is 3.30. The summed E-state index contributed by atoms with van der Waals surface area (Å²) in [5, 5.41) is 0. The molecule has 2 rings (SSSR count). The molecular formula is C12H21N3O. The number of aryl methyl sites for hydroxylation is 1. The number of imidazole rings is 1. The van der Waals surface area contributed by atoms with Crippen molar-refractivity contribution in [2.24, 2.45) is 5.92 Å². The molecule has 0 bridgehead atoms. The van der Waals surface area contributed by atoms with Gasteiger partial charge in [0.1, 0.15) is 5.82 Å². The normalized spacial score (nSPS) is 17.1. The molecule has 0 saturated heterocycles. The van der Waals surface area contributed by atoms with E-state index in [1.54, 1.807) is 0 Å². The molecule has 1 aromatic rings. The summed E-state index contributed by atoms with van der Waals surface area (Å²) in [5.74, 6) is 1.34. The fourth-order valence-corrected chi connectivity index (χ4v) is 2.11. The highest BCUT2D eigenvalue weighted by Crippen LogP contribution is 2.19. The third kappa shape index (κ3) is 1.96. The quantitative estimate of drug-likeness (QED) is 0.832. The number of carbonyl (C=O) groups is 1. The number of rotatable bonds is 2. The zero-order valence-corrected chi connectivity index (χ0v) is 10.2. The Kier molecular flexibility index (Phi) is 2.99. The van der Waals surface area contributed by atoms with Gasteiger partial charge in [-0.15, -0.1) is 0 Å². The van der Waals surface area contributed by atoms with Crippen molar-refractivity contribution in [3.05, 3.63) is 17.2 Å². The van der Waals surface area contributed by atoms with Crippen LogP contribution in [0.4, 0.5) is 0 Å². The second kappa shape index (κ2) is 4.28. The van der Waals surface area contributed by atoms with E-state index >= 15 is 0 Å². The largest absolute Gasteiger partial charge is 0.344 e. The van der Waals surface area contributed by atoms with Crippen molar-refractivity contribution >= 4 is 5.91 Å². The lowest BCUT2D eigenvalue weighted by atomic mass is 10.1. The Labute approximate surface area is 97.5 Å². The summed E-state index contributed by atoms with van der Waals surface area (Å²) in [6, 6.07) is 0. The fraction of sp³-hybridized carbons (Fsp3) is 0.667. The lowest BCUT2D eigenvalue weighted by Crippen LogP contribution is -2.39. The Hall–Kier alpha value is -1.32. The van der Waals surface area contributed by atoms with Gasteiger partial charge in [0.05, 0.1) is 17.9 Å². The van der Waals surface area contributed by atoms with Crippen LogP contribution >= 0.6 is 0 Å². The number of H-pyrrole nitrogens is 1. The Bertz CT molecular complexity index is 402. The molecular weight excluding hydrogens is 202 g/mol. The summed E-state index contributed by atoms with van der Waals surface area (Å²) in [5.41, 5.74) is 2.24. The maximum absolute atomic E-state index is 12.0. The maximum Gasteiger partial charge on any atom is 0.225 e. The number of aromatic amines is 1. The molecule has 1 aromatic heterocycles. The topological polar surface area (TPSA) is 49.0 Å². The van der Waals surface area contributed by atoms with E-state index in [0.29, 0.717) is 6.54 Å². The molecule has 0 saturated carbocycles. The van der Waals surface area contributed by atoms with Gasteiger partial charge in [0.2, 0.25) is 5.91 Å². The standard InChI is InChI=1S/C12H19N3O.H2/c1-4-8(2)12(16)15-6-5-10-11(7-15)14-9(3)13-10;/h8H,4-7H2,1-3H3,(H,13,14);1H. The van der Waals surface area contributed by atoms with E-state index in [2.05, 4.69) is 16.9 Å². The first-order valence-electron chi connectivity index (χ1n) is 5.95. The minimum absolute atomic E-state index is 0. The third-order valence-electron chi connectivity index (χ3n) is 3.30. The van der Waals surface area contributed by atoms with Gasteiger partial charge in [-0.2, -0.15) is 0 Å². The lowest BCUT2D eigenvalue weighted by molar-refractivity contribution is -0.136. The number of hydrogen-bond acceptors (Lipinski definition) is 2. The van der Waals surface area contributed by atoms with Gasteiger partial charge in [-0.3, -0.25) is 4.79 Å². The molecule has 0 aliphatic carbocycles. The molecule has 2 heterocycles. The maximum atomic E-state index is 12.0. The molecule has 1 aliphatic rings. The smallest absolute Gasteiger partial charge is 0.225 e. The van der Waals surface area contributed by atoms with E-state index < -0.39 is 0 Å². The van der Waals surface area contributed by atoms with E-state index in [-0.39, 0.29) is 13.3 Å². The van der Waals surface area contributed by atoms with Crippen LogP contribution in [0.1, 0.15) is 38.9 Å². The summed E-state index contributed by atoms with van der Waals surface area (Å²) in [6.07, 6.45) is 1.78. The number of nitrogens with one attached hydrogen (secondary N) is 1. The molecule has 16 heavy (non-hydrogen) atoms. The molecule has 1 atom stereocenters. The molecule has 1 unspecified atom stereocenters. The highest BCUT2D eigenvalue weighted by molar-refractivity contribution is 5.78. The van der Waals surface area contributed by atoms with Crippen molar-refractivity contribution in [2.45, 2.75) is 40.2 Å². The van der Waals surface area contributed by atoms with Crippen molar-refractivity contribution in [3.8, 4) is 0 Å².